The summed E-state index contributed by atoms with van der Waals surface area (Å²) in [7, 11) is 0. The molecule has 1 aromatic heterocycles. The van der Waals surface area contributed by atoms with Crippen LogP contribution in [0.1, 0.15) is 24.5 Å². The van der Waals surface area contributed by atoms with Crippen LogP contribution >= 0.6 is 24.0 Å². The van der Waals surface area contributed by atoms with Crippen molar-refractivity contribution < 1.29 is 4.74 Å². The van der Waals surface area contributed by atoms with Gasteiger partial charge in [0.25, 0.3) is 0 Å². The van der Waals surface area contributed by atoms with Crippen LogP contribution < -0.4 is 5.32 Å². The second-order valence-corrected chi connectivity index (χ2v) is 7.89. The summed E-state index contributed by atoms with van der Waals surface area (Å²) in [5.41, 5.74) is 3.45. The third kappa shape index (κ3) is 6.80. The van der Waals surface area contributed by atoms with Gasteiger partial charge in [-0.15, -0.1) is 24.0 Å². The Morgan fingerprint density at radius 2 is 1.97 bits per heavy atom. The number of hydrogen-bond acceptors (Lipinski definition) is 3. The van der Waals surface area contributed by atoms with Crippen molar-refractivity contribution in [3.63, 3.8) is 0 Å². The lowest BCUT2D eigenvalue weighted by Gasteiger charge is -2.21. The molecule has 0 bridgehead atoms. The molecule has 2 heterocycles. The van der Waals surface area contributed by atoms with Gasteiger partial charge in [-0.1, -0.05) is 42.5 Å². The van der Waals surface area contributed by atoms with Crippen molar-refractivity contribution in [2.24, 2.45) is 10.9 Å². The Balaban J connectivity index is 0.00000289. The van der Waals surface area contributed by atoms with E-state index in [0.29, 0.717) is 19.1 Å². The van der Waals surface area contributed by atoms with Crippen LogP contribution in [0.3, 0.4) is 0 Å². The maximum atomic E-state index is 5.97. The molecule has 1 aliphatic rings. The molecule has 170 valence electrons. The van der Waals surface area contributed by atoms with Crippen molar-refractivity contribution in [3.8, 4) is 5.69 Å². The molecular weight excluding hydrogens is 513 g/mol. The Hall–Kier alpha value is -2.39. The summed E-state index contributed by atoms with van der Waals surface area (Å²) >= 11 is 0. The van der Waals surface area contributed by atoms with E-state index in [0.717, 1.165) is 44.3 Å². The van der Waals surface area contributed by atoms with Crippen LogP contribution in [-0.4, -0.2) is 46.9 Å². The first-order valence-electron chi connectivity index (χ1n) is 11.1. The number of aromatic nitrogens is 2. The van der Waals surface area contributed by atoms with E-state index in [-0.39, 0.29) is 24.0 Å². The number of benzene rings is 2. The summed E-state index contributed by atoms with van der Waals surface area (Å²) in [5, 5.41) is 7.77. The Labute approximate surface area is 207 Å². The number of nitrogens with one attached hydrogen (secondary N) is 1. The normalized spacial score (nSPS) is 16.1. The van der Waals surface area contributed by atoms with Gasteiger partial charge < -0.3 is 15.0 Å². The first kappa shape index (κ1) is 24.3. The van der Waals surface area contributed by atoms with Crippen molar-refractivity contribution in [1.82, 2.24) is 20.0 Å². The van der Waals surface area contributed by atoms with Gasteiger partial charge in [0, 0.05) is 37.9 Å². The summed E-state index contributed by atoms with van der Waals surface area (Å²) in [6.07, 6.45) is 4.88. The van der Waals surface area contributed by atoms with Gasteiger partial charge in [0.15, 0.2) is 5.96 Å². The van der Waals surface area contributed by atoms with Crippen LogP contribution in [0.2, 0.25) is 0 Å². The molecule has 6 nitrogen and oxygen atoms in total. The van der Waals surface area contributed by atoms with Crippen LogP contribution in [-0.2, 0) is 17.9 Å². The fraction of sp³-hybridized carbons (Fsp3) is 0.360. The standard InChI is InChI=1S/C25H31N5O.HI/c1-2-26-25(27-17-22-10-6-11-24(16-22)30-14-7-13-28-30)29-15-12-23(18-29)20-31-19-21-8-4-3-5-9-21;/h3-11,13-14,16,23H,2,12,15,17-20H2,1H3,(H,26,27);1H. The lowest BCUT2D eigenvalue weighted by Crippen LogP contribution is -2.40. The molecule has 1 saturated heterocycles. The van der Waals surface area contributed by atoms with E-state index in [9.17, 15) is 0 Å². The van der Waals surface area contributed by atoms with Crippen LogP contribution in [0.5, 0.6) is 0 Å². The van der Waals surface area contributed by atoms with Gasteiger partial charge in [-0.3, -0.25) is 0 Å². The number of rotatable bonds is 8. The van der Waals surface area contributed by atoms with Crippen molar-refractivity contribution >= 4 is 29.9 Å². The minimum Gasteiger partial charge on any atom is -0.376 e. The Bertz CT molecular complexity index is 961. The number of halogens is 1. The second kappa shape index (κ2) is 12.6. The Morgan fingerprint density at radius 3 is 2.75 bits per heavy atom. The molecule has 1 atom stereocenters. The third-order valence-electron chi connectivity index (χ3n) is 5.48. The largest absolute Gasteiger partial charge is 0.376 e. The number of ether oxygens (including phenoxy) is 1. The molecule has 0 spiro atoms. The van der Waals surface area contributed by atoms with Crippen LogP contribution in [0.25, 0.3) is 5.69 Å². The second-order valence-electron chi connectivity index (χ2n) is 7.89. The SMILES string of the molecule is CCNC(=NCc1cccc(-n2cccn2)c1)N1CCC(COCc2ccccc2)C1.I. The first-order chi connectivity index (χ1) is 15.3. The van der Waals surface area contributed by atoms with Gasteiger partial charge in [-0.2, -0.15) is 5.10 Å². The van der Waals surface area contributed by atoms with Crippen LogP contribution in [0.4, 0.5) is 0 Å². The number of guanidine groups is 1. The number of aliphatic imine (C=N–C) groups is 1. The van der Waals surface area contributed by atoms with E-state index < -0.39 is 0 Å². The van der Waals surface area contributed by atoms with Gasteiger partial charge in [0.05, 0.1) is 25.4 Å². The van der Waals surface area contributed by atoms with Crippen molar-refractivity contribution in [2.45, 2.75) is 26.5 Å². The topological polar surface area (TPSA) is 54.7 Å². The van der Waals surface area contributed by atoms with Gasteiger partial charge in [0.1, 0.15) is 0 Å². The highest BCUT2D eigenvalue weighted by atomic mass is 127. The minimum absolute atomic E-state index is 0. The van der Waals surface area contributed by atoms with Gasteiger partial charge in [-0.25, -0.2) is 9.67 Å². The molecule has 32 heavy (non-hydrogen) atoms. The third-order valence-corrected chi connectivity index (χ3v) is 5.48. The fourth-order valence-electron chi connectivity index (χ4n) is 3.89. The van der Waals surface area contributed by atoms with E-state index >= 15 is 0 Å². The summed E-state index contributed by atoms with van der Waals surface area (Å²) in [6.45, 7) is 7.08. The Morgan fingerprint density at radius 1 is 1.12 bits per heavy atom. The molecule has 0 radical (unpaired) electrons. The molecule has 1 N–H and O–H groups in total. The quantitative estimate of drug-likeness (QED) is 0.258. The number of hydrogen-bond donors (Lipinski definition) is 1. The number of likely N-dealkylation sites (tertiary alicyclic amines) is 1. The van der Waals surface area contributed by atoms with E-state index in [1.807, 2.05) is 23.0 Å². The smallest absolute Gasteiger partial charge is 0.194 e. The lowest BCUT2D eigenvalue weighted by molar-refractivity contribution is 0.0906. The van der Waals surface area contributed by atoms with E-state index in [1.54, 1.807) is 6.20 Å². The van der Waals surface area contributed by atoms with Crippen LogP contribution in [0, 0.1) is 5.92 Å². The molecule has 2 aromatic carbocycles. The molecule has 4 rings (SSSR count). The first-order valence-corrected chi connectivity index (χ1v) is 11.1. The molecule has 1 unspecified atom stereocenters. The zero-order valence-electron chi connectivity index (χ0n) is 18.6. The lowest BCUT2D eigenvalue weighted by atomic mass is 10.1. The van der Waals surface area contributed by atoms with E-state index in [1.165, 1.54) is 11.1 Å². The van der Waals surface area contributed by atoms with Crippen LogP contribution in [0.15, 0.2) is 78.0 Å². The average Bonchev–Trinajstić information content (AvgIpc) is 3.50. The summed E-state index contributed by atoms with van der Waals surface area (Å²) in [6, 6.07) is 20.7. The minimum atomic E-state index is 0. The number of nitrogens with zero attached hydrogens (tertiary/aromatic N) is 4. The van der Waals surface area contributed by atoms with E-state index in [4.69, 9.17) is 9.73 Å². The molecule has 0 amide bonds. The van der Waals surface area contributed by atoms with Crippen molar-refractivity contribution in [3.05, 3.63) is 84.2 Å². The zero-order chi connectivity index (χ0) is 21.3. The average molecular weight is 545 g/mol. The van der Waals surface area contributed by atoms with Crippen molar-refractivity contribution in [1.29, 1.82) is 0 Å². The maximum Gasteiger partial charge on any atom is 0.194 e. The molecule has 0 saturated carbocycles. The highest BCUT2D eigenvalue weighted by molar-refractivity contribution is 14.0. The predicted octanol–water partition coefficient (Wildman–Crippen LogP) is 4.49. The molecule has 3 aromatic rings. The molecule has 0 aliphatic carbocycles. The highest BCUT2D eigenvalue weighted by Crippen LogP contribution is 2.18. The van der Waals surface area contributed by atoms with Gasteiger partial charge >= 0.3 is 0 Å². The highest BCUT2D eigenvalue weighted by Gasteiger charge is 2.25. The predicted molar refractivity (Wildman–Crippen MR) is 140 cm³/mol. The van der Waals surface area contributed by atoms with Crippen molar-refractivity contribution in [2.75, 3.05) is 26.2 Å². The van der Waals surface area contributed by atoms with Gasteiger partial charge in [0.2, 0.25) is 0 Å². The fourth-order valence-corrected chi connectivity index (χ4v) is 3.89. The zero-order valence-corrected chi connectivity index (χ0v) is 20.9. The van der Waals surface area contributed by atoms with E-state index in [2.05, 4.69) is 70.8 Å². The maximum absolute atomic E-state index is 5.97. The molecular formula is C25H32IN5O. The summed E-state index contributed by atoms with van der Waals surface area (Å²) in [4.78, 5) is 7.27. The van der Waals surface area contributed by atoms with Gasteiger partial charge in [-0.05, 0) is 42.7 Å². The molecule has 1 fully saturated rings. The molecule has 1 aliphatic heterocycles. The monoisotopic (exact) mass is 545 g/mol. The summed E-state index contributed by atoms with van der Waals surface area (Å²) in [5.74, 6) is 1.52. The Kier molecular flexibility index (Phi) is 9.55. The summed E-state index contributed by atoms with van der Waals surface area (Å²) < 4.78 is 7.85. The molecule has 7 heteroatoms.